The van der Waals surface area contributed by atoms with E-state index in [0.29, 0.717) is 44.2 Å². The number of halogens is 1. The first-order chi connectivity index (χ1) is 24.8. The molecule has 2 aliphatic rings. The fraction of sp³-hybridized carbons (Fsp3) is 0.447. The molecule has 4 heterocycles. The van der Waals surface area contributed by atoms with Crippen LogP contribution in [-0.2, 0) is 23.1 Å². The van der Waals surface area contributed by atoms with Crippen molar-refractivity contribution in [3.05, 3.63) is 83.1 Å². The first-order valence-electron chi connectivity index (χ1n) is 17.6. The van der Waals surface area contributed by atoms with Crippen LogP contribution in [-0.4, -0.2) is 115 Å². The lowest BCUT2D eigenvalue weighted by molar-refractivity contribution is 0.0824. The monoisotopic (exact) mass is 730 g/mol. The van der Waals surface area contributed by atoms with E-state index in [2.05, 4.69) is 56.7 Å². The second-order valence-electron chi connectivity index (χ2n) is 14.1. The van der Waals surface area contributed by atoms with Gasteiger partial charge in [0.05, 0.1) is 23.7 Å². The zero-order chi connectivity index (χ0) is 37.2. The second kappa shape index (κ2) is 15.6. The third-order valence-corrected chi connectivity index (χ3v) is 11.6. The van der Waals surface area contributed by atoms with E-state index in [-0.39, 0.29) is 29.3 Å². The molecule has 1 amide bonds. The van der Waals surface area contributed by atoms with E-state index in [1.165, 1.54) is 44.8 Å². The van der Waals surface area contributed by atoms with Gasteiger partial charge in [-0.1, -0.05) is 6.07 Å². The highest BCUT2D eigenvalue weighted by molar-refractivity contribution is 7.88. The number of aryl methyl sites for hydroxylation is 1. The zero-order valence-electron chi connectivity index (χ0n) is 30.5. The number of hydrogen-bond acceptors (Lipinski definition) is 9. The summed E-state index contributed by atoms with van der Waals surface area (Å²) in [4.78, 5) is 23.1. The number of amides is 1. The number of carbonyl (C=O) groups is 1. The average Bonchev–Trinajstić information content (AvgIpc) is 3.48. The largest absolute Gasteiger partial charge is 0.453 e. The SMILES string of the molecule is Cc1c(CN2CCC(Nc3ccncc3Oc3ccc(F)cc3C(=O)N(C)C)CC2)ccc2c1cc(C#N)n2CC(C)N1CCN(S(C)(=O)=O)CC1. The quantitative estimate of drug-likeness (QED) is 0.230. The number of piperidine rings is 1. The minimum atomic E-state index is -3.19. The minimum absolute atomic E-state index is 0.138. The Hall–Kier alpha value is -4.55. The van der Waals surface area contributed by atoms with Crippen LogP contribution >= 0.6 is 0 Å². The highest BCUT2D eigenvalue weighted by Crippen LogP contribution is 2.33. The summed E-state index contributed by atoms with van der Waals surface area (Å²) >= 11 is 0. The molecule has 1 unspecified atom stereocenters. The Morgan fingerprint density at radius 2 is 1.81 bits per heavy atom. The summed E-state index contributed by atoms with van der Waals surface area (Å²) in [7, 11) is 0.0315. The summed E-state index contributed by atoms with van der Waals surface area (Å²) in [5, 5.41) is 14.8. The summed E-state index contributed by atoms with van der Waals surface area (Å²) in [5.74, 6) is -0.151. The first kappa shape index (κ1) is 37.2. The number of hydrogen-bond donors (Lipinski definition) is 1. The number of pyridine rings is 1. The van der Waals surface area contributed by atoms with E-state index >= 15 is 0 Å². The van der Waals surface area contributed by atoms with E-state index < -0.39 is 15.8 Å². The number of fused-ring (bicyclic) bond motifs is 1. The van der Waals surface area contributed by atoms with E-state index in [1.807, 2.05) is 12.1 Å². The highest BCUT2D eigenvalue weighted by Gasteiger charge is 2.27. The van der Waals surface area contributed by atoms with Gasteiger partial charge in [-0.3, -0.25) is 19.6 Å². The smallest absolute Gasteiger partial charge is 0.257 e. The highest BCUT2D eigenvalue weighted by atomic mass is 32.2. The maximum Gasteiger partial charge on any atom is 0.257 e. The van der Waals surface area contributed by atoms with Crippen LogP contribution in [0.25, 0.3) is 10.9 Å². The number of anilines is 1. The molecule has 0 aliphatic carbocycles. The number of rotatable bonds is 11. The number of aromatic nitrogens is 2. The van der Waals surface area contributed by atoms with E-state index in [9.17, 15) is 22.9 Å². The summed E-state index contributed by atoms with van der Waals surface area (Å²) < 4.78 is 47.7. The van der Waals surface area contributed by atoms with Gasteiger partial charge >= 0.3 is 0 Å². The number of carbonyl (C=O) groups excluding carboxylic acids is 1. The van der Waals surface area contributed by atoms with Gasteiger partial charge in [-0.05, 0) is 74.2 Å². The Morgan fingerprint density at radius 1 is 1.08 bits per heavy atom. The molecule has 0 bridgehead atoms. The average molecular weight is 731 g/mol. The number of sulfonamides is 1. The van der Waals surface area contributed by atoms with Crippen LogP contribution in [0.5, 0.6) is 11.5 Å². The van der Waals surface area contributed by atoms with Crippen LogP contribution in [0.15, 0.2) is 54.9 Å². The topological polar surface area (TPSA) is 127 Å². The fourth-order valence-electron chi connectivity index (χ4n) is 7.23. The van der Waals surface area contributed by atoms with Crippen LogP contribution in [0.4, 0.5) is 10.1 Å². The normalized spacial score (nSPS) is 17.2. The van der Waals surface area contributed by atoms with Gasteiger partial charge < -0.3 is 19.5 Å². The van der Waals surface area contributed by atoms with Crippen molar-refractivity contribution in [2.45, 2.75) is 51.9 Å². The van der Waals surface area contributed by atoms with Crippen LogP contribution in [0.2, 0.25) is 0 Å². The molecule has 0 saturated carbocycles. The van der Waals surface area contributed by atoms with Gasteiger partial charge in [0.1, 0.15) is 23.3 Å². The molecular weight excluding hydrogens is 684 g/mol. The predicted molar refractivity (Wildman–Crippen MR) is 199 cm³/mol. The molecule has 1 N–H and O–H groups in total. The van der Waals surface area contributed by atoms with Gasteiger partial charge in [0.15, 0.2) is 5.75 Å². The lowest BCUT2D eigenvalue weighted by atomic mass is 10.0. The Kier molecular flexibility index (Phi) is 11.2. The molecule has 1 atom stereocenters. The van der Waals surface area contributed by atoms with Crippen molar-refractivity contribution in [2.75, 3.05) is 64.9 Å². The molecular formula is C38H47FN8O4S. The molecule has 0 spiro atoms. The molecule has 2 saturated heterocycles. The Balaban J connectivity index is 1.08. The summed E-state index contributed by atoms with van der Waals surface area (Å²) in [6.45, 7) is 9.80. The van der Waals surface area contributed by atoms with Crippen LogP contribution in [0.3, 0.4) is 0 Å². The first-order valence-corrected chi connectivity index (χ1v) is 19.5. The third kappa shape index (κ3) is 8.23. The molecule has 2 aliphatic heterocycles. The third-order valence-electron chi connectivity index (χ3n) is 10.3. The number of likely N-dealkylation sites (tertiary alicyclic amines) is 1. The number of piperazine rings is 1. The van der Waals surface area contributed by atoms with Crippen molar-refractivity contribution in [2.24, 2.45) is 0 Å². The number of ether oxygens (including phenoxy) is 1. The summed E-state index contributed by atoms with van der Waals surface area (Å²) in [6, 6.07) is 14.8. The van der Waals surface area contributed by atoms with Crippen LogP contribution in [0, 0.1) is 24.1 Å². The van der Waals surface area contributed by atoms with Gasteiger partial charge in [0, 0.05) is 95.6 Å². The van der Waals surface area contributed by atoms with Gasteiger partial charge in [-0.15, -0.1) is 0 Å². The predicted octanol–water partition coefficient (Wildman–Crippen LogP) is 4.89. The molecule has 0 radical (unpaired) electrons. The summed E-state index contributed by atoms with van der Waals surface area (Å²) in [6.07, 6.45) is 6.37. The van der Waals surface area contributed by atoms with Crippen molar-refractivity contribution in [3.63, 3.8) is 0 Å². The van der Waals surface area contributed by atoms with Crippen molar-refractivity contribution in [1.29, 1.82) is 5.26 Å². The molecule has 6 rings (SSSR count). The van der Waals surface area contributed by atoms with Gasteiger partial charge in [-0.2, -0.15) is 9.57 Å². The fourth-order valence-corrected chi connectivity index (χ4v) is 8.06. The van der Waals surface area contributed by atoms with E-state index in [4.69, 9.17) is 4.74 Å². The molecule has 276 valence electrons. The van der Waals surface area contributed by atoms with Crippen LogP contribution in [0.1, 0.15) is 46.9 Å². The molecule has 4 aromatic rings. The number of nitrogens with one attached hydrogen (secondary N) is 1. The van der Waals surface area contributed by atoms with Gasteiger partial charge in [-0.25, -0.2) is 12.8 Å². The van der Waals surface area contributed by atoms with E-state index in [0.717, 1.165) is 49.1 Å². The molecule has 2 aromatic carbocycles. The van der Waals surface area contributed by atoms with E-state index in [1.54, 1.807) is 26.5 Å². The van der Waals surface area contributed by atoms with Crippen molar-refractivity contribution in [1.82, 2.24) is 28.6 Å². The van der Waals surface area contributed by atoms with Gasteiger partial charge in [0.2, 0.25) is 10.0 Å². The molecule has 12 nitrogen and oxygen atoms in total. The molecule has 2 fully saturated rings. The zero-order valence-corrected chi connectivity index (χ0v) is 31.3. The van der Waals surface area contributed by atoms with Gasteiger partial charge in [0.25, 0.3) is 5.91 Å². The Labute approximate surface area is 305 Å². The molecule has 52 heavy (non-hydrogen) atoms. The number of nitrogens with zero attached hydrogens (tertiary/aromatic N) is 7. The lowest BCUT2D eigenvalue weighted by Gasteiger charge is -2.37. The molecule has 14 heteroatoms. The van der Waals surface area contributed by atoms with Crippen molar-refractivity contribution in [3.8, 4) is 17.6 Å². The number of nitriles is 1. The standard InChI is InChI=1S/C38H47FN8O4S/c1-26(45-16-18-46(19-17-45)52(5,49)50)24-47-31(22-40)21-32-27(2)28(6-8-35(32)47)25-44-14-11-30(12-15-44)42-34-10-13-41-23-37(34)51-36-9-7-29(39)20-33(36)38(48)43(3)4/h6-10,13,20-21,23,26,30H,11-12,14-19,24-25H2,1-5H3,(H,41,42). The maximum absolute atomic E-state index is 14.0. The molecule has 2 aromatic heterocycles. The second-order valence-corrected chi connectivity index (χ2v) is 16.1. The minimum Gasteiger partial charge on any atom is -0.453 e. The lowest BCUT2D eigenvalue weighted by Crippen LogP contribution is -2.51. The Bertz CT molecular complexity index is 2080. The number of benzene rings is 2. The Morgan fingerprint density at radius 3 is 2.48 bits per heavy atom. The van der Waals surface area contributed by atoms with Crippen molar-refractivity contribution >= 4 is 32.5 Å². The summed E-state index contributed by atoms with van der Waals surface area (Å²) in [5.41, 5.74) is 4.97. The van der Waals surface area contributed by atoms with Crippen LogP contribution < -0.4 is 10.1 Å². The maximum atomic E-state index is 14.0. The van der Waals surface area contributed by atoms with Crippen molar-refractivity contribution < 1.29 is 22.3 Å².